The molecule has 0 bridgehead atoms. The summed E-state index contributed by atoms with van der Waals surface area (Å²) in [6.07, 6.45) is 1.81. The predicted molar refractivity (Wildman–Crippen MR) is 119 cm³/mol. The molecule has 7 nitrogen and oxygen atoms in total. The van der Waals surface area contributed by atoms with Gasteiger partial charge in [0.15, 0.2) is 0 Å². The minimum Gasteiger partial charge on any atom is -0.481 e. The highest BCUT2D eigenvalue weighted by Gasteiger charge is 2.10. The van der Waals surface area contributed by atoms with E-state index in [1.807, 2.05) is 74.0 Å². The average molecular weight is 401 g/mol. The van der Waals surface area contributed by atoms with Gasteiger partial charge in [-0.25, -0.2) is 10.4 Å². The lowest BCUT2D eigenvalue weighted by atomic mass is 10.1. The Morgan fingerprint density at radius 2 is 1.90 bits per heavy atom. The number of fused-ring (bicyclic) bond motifs is 1. The topological polar surface area (TPSA) is 84.4 Å². The number of imidazole rings is 1. The van der Waals surface area contributed by atoms with Crippen LogP contribution >= 0.6 is 0 Å². The second-order valence-corrected chi connectivity index (χ2v) is 7.25. The predicted octanol–water partition coefficient (Wildman–Crippen LogP) is 4.05. The van der Waals surface area contributed by atoms with Gasteiger partial charge < -0.3 is 14.2 Å². The third-order valence-corrected chi connectivity index (χ3v) is 5.18. The molecule has 0 radical (unpaired) electrons. The number of aryl methyl sites for hydroxylation is 2. The second kappa shape index (κ2) is 7.87. The number of aliphatic carboxylic acids is 1. The number of carboxylic acid groups (broad SMARTS) is 1. The first-order valence-electron chi connectivity index (χ1n) is 9.64. The molecule has 0 fully saturated rings. The maximum atomic E-state index is 10.9. The fraction of sp³-hybridized carbons (Fsp3) is 0.174. The lowest BCUT2D eigenvalue weighted by Crippen LogP contribution is -2.02. The Hall–Kier alpha value is -3.87. The summed E-state index contributed by atoms with van der Waals surface area (Å²) in [5, 5.41) is 13.3. The summed E-state index contributed by atoms with van der Waals surface area (Å²) in [7, 11) is 1.95. The molecule has 0 unspecified atom stereocenters. The summed E-state index contributed by atoms with van der Waals surface area (Å²) < 4.78 is 4.09. The number of para-hydroxylation sites is 2. The van der Waals surface area contributed by atoms with Crippen LogP contribution in [0.1, 0.15) is 22.5 Å². The fourth-order valence-corrected chi connectivity index (χ4v) is 3.66. The third-order valence-electron chi connectivity index (χ3n) is 5.18. The van der Waals surface area contributed by atoms with Crippen molar-refractivity contribution < 1.29 is 9.90 Å². The molecule has 0 aliphatic carbocycles. The molecule has 4 rings (SSSR count). The molecule has 7 heteroatoms. The van der Waals surface area contributed by atoms with E-state index in [0.717, 1.165) is 39.2 Å². The van der Waals surface area contributed by atoms with E-state index < -0.39 is 5.97 Å². The van der Waals surface area contributed by atoms with Crippen LogP contribution in [0.2, 0.25) is 0 Å². The van der Waals surface area contributed by atoms with E-state index in [2.05, 4.69) is 26.1 Å². The van der Waals surface area contributed by atoms with E-state index in [1.54, 1.807) is 6.21 Å². The fourth-order valence-electron chi connectivity index (χ4n) is 3.66. The molecule has 0 saturated heterocycles. The zero-order valence-corrected chi connectivity index (χ0v) is 17.1. The zero-order chi connectivity index (χ0) is 21.3. The third kappa shape index (κ3) is 3.69. The van der Waals surface area contributed by atoms with Gasteiger partial charge >= 0.3 is 5.97 Å². The van der Waals surface area contributed by atoms with Crippen molar-refractivity contribution in [3.63, 3.8) is 0 Å². The van der Waals surface area contributed by atoms with Crippen LogP contribution in [0.4, 0.5) is 5.95 Å². The van der Waals surface area contributed by atoms with Crippen molar-refractivity contribution in [2.75, 3.05) is 5.43 Å². The van der Waals surface area contributed by atoms with E-state index in [0.29, 0.717) is 5.95 Å². The summed E-state index contributed by atoms with van der Waals surface area (Å²) in [5.74, 6) is -0.155. The van der Waals surface area contributed by atoms with Gasteiger partial charge in [0, 0.05) is 29.7 Å². The molecule has 0 saturated carbocycles. The maximum absolute atomic E-state index is 10.9. The molecule has 30 heavy (non-hydrogen) atoms. The molecule has 152 valence electrons. The minimum absolute atomic E-state index is 0.0235. The number of nitrogens with zero attached hydrogens (tertiary/aromatic N) is 4. The molecule has 0 aliphatic rings. The molecule has 2 aromatic carbocycles. The highest BCUT2D eigenvalue weighted by Crippen LogP contribution is 2.21. The van der Waals surface area contributed by atoms with Gasteiger partial charge in [0.1, 0.15) is 0 Å². The Labute approximate surface area is 174 Å². The number of rotatable bonds is 6. The highest BCUT2D eigenvalue weighted by atomic mass is 16.4. The summed E-state index contributed by atoms with van der Waals surface area (Å²) in [6.45, 7) is 4.07. The van der Waals surface area contributed by atoms with Gasteiger partial charge in [-0.2, -0.15) is 5.10 Å². The van der Waals surface area contributed by atoms with Gasteiger partial charge in [0.2, 0.25) is 5.95 Å². The van der Waals surface area contributed by atoms with Crippen LogP contribution in [-0.4, -0.2) is 31.4 Å². The number of hydrogen-bond donors (Lipinski definition) is 2. The van der Waals surface area contributed by atoms with Crippen molar-refractivity contribution in [1.82, 2.24) is 14.1 Å². The molecule has 2 aromatic heterocycles. The number of aromatic nitrogens is 3. The van der Waals surface area contributed by atoms with E-state index in [4.69, 9.17) is 5.11 Å². The largest absolute Gasteiger partial charge is 0.481 e. The number of nitrogens with one attached hydrogen (secondary N) is 1. The Kier molecular flexibility index (Phi) is 5.10. The number of carboxylic acids is 1. The van der Waals surface area contributed by atoms with Crippen molar-refractivity contribution in [2.24, 2.45) is 12.1 Å². The number of carbonyl (C=O) groups is 1. The molecule has 0 atom stereocenters. The van der Waals surface area contributed by atoms with Crippen molar-refractivity contribution in [3.05, 3.63) is 77.1 Å². The lowest BCUT2D eigenvalue weighted by Gasteiger charge is -2.10. The quantitative estimate of drug-likeness (QED) is 0.377. The molecule has 0 amide bonds. The van der Waals surface area contributed by atoms with Crippen LogP contribution in [0.5, 0.6) is 0 Å². The van der Waals surface area contributed by atoms with Crippen LogP contribution in [0, 0.1) is 13.8 Å². The van der Waals surface area contributed by atoms with Crippen molar-refractivity contribution in [1.29, 1.82) is 0 Å². The summed E-state index contributed by atoms with van der Waals surface area (Å²) >= 11 is 0. The Balaban J connectivity index is 1.55. The van der Waals surface area contributed by atoms with Crippen LogP contribution in [0.15, 0.2) is 59.7 Å². The first-order valence-corrected chi connectivity index (χ1v) is 9.64. The monoisotopic (exact) mass is 401 g/mol. The zero-order valence-electron chi connectivity index (χ0n) is 17.1. The van der Waals surface area contributed by atoms with Crippen molar-refractivity contribution in [2.45, 2.75) is 20.3 Å². The van der Waals surface area contributed by atoms with Crippen molar-refractivity contribution >= 4 is 29.2 Å². The maximum Gasteiger partial charge on any atom is 0.307 e. The van der Waals surface area contributed by atoms with Crippen molar-refractivity contribution in [3.8, 4) is 5.69 Å². The Morgan fingerprint density at radius 3 is 2.60 bits per heavy atom. The van der Waals surface area contributed by atoms with Gasteiger partial charge in [0.25, 0.3) is 0 Å². The number of hydrazone groups is 1. The first kappa shape index (κ1) is 19.4. The van der Waals surface area contributed by atoms with Crippen LogP contribution in [-0.2, 0) is 18.3 Å². The van der Waals surface area contributed by atoms with Gasteiger partial charge in [-0.1, -0.05) is 24.3 Å². The smallest absolute Gasteiger partial charge is 0.307 e. The summed E-state index contributed by atoms with van der Waals surface area (Å²) in [6, 6.07) is 17.6. The van der Waals surface area contributed by atoms with E-state index >= 15 is 0 Å². The lowest BCUT2D eigenvalue weighted by molar-refractivity contribution is -0.136. The highest BCUT2D eigenvalue weighted by molar-refractivity contribution is 5.83. The molecular formula is C23H23N5O2. The number of hydrogen-bond acceptors (Lipinski definition) is 4. The Bertz CT molecular complexity index is 1250. The second-order valence-electron chi connectivity index (χ2n) is 7.25. The van der Waals surface area contributed by atoms with E-state index in [-0.39, 0.29) is 6.42 Å². The summed E-state index contributed by atoms with van der Waals surface area (Å²) in [5.41, 5.74) is 9.87. The molecule has 0 spiro atoms. The van der Waals surface area contributed by atoms with E-state index in [1.165, 1.54) is 0 Å². The normalized spacial score (nSPS) is 11.4. The van der Waals surface area contributed by atoms with Gasteiger partial charge in [-0.05, 0) is 49.7 Å². The van der Waals surface area contributed by atoms with Gasteiger partial charge in [-0.3, -0.25) is 4.79 Å². The summed E-state index contributed by atoms with van der Waals surface area (Å²) in [4.78, 5) is 15.4. The molecular weight excluding hydrogens is 378 g/mol. The number of anilines is 1. The molecule has 2 N–H and O–H groups in total. The molecule has 2 heterocycles. The van der Waals surface area contributed by atoms with E-state index in [9.17, 15) is 4.79 Å². The SMILES string of the molecule is Cc1cc(/C=N\Nc2nc3ccccc3n2C)c(C)n1-c1ccc(CC(=O)O)cc1. The number of benzene rings is 2. The van der Waals surface area contributed by atoms with Gasteiger partial charge in [0.05, 0.1) is 23.7 Å². The Morgan fingerprint density at radius 1 is 1.17 bits per heavy atom. The standard InChI is InChI=1S/C23H23N5O2/c1-15-12-18(14-24-26-23-25-20-6-4-5-7-21(20)27(23)3)16(2)28(15)19-10-8-17(9-11-19)13-22(29)30/h4-12,14H,13H2,1-3H3,(H,25,26)(H,29,30)/b24-14-. The van der Waals surface area contributed by atoms with Gasteiger partial charge in [-0.15, -0.1) is 0 Å². The molecule has 0 aliphatic heterocycles. The average Bonchev–Trinajstić information content (AvgIpc) is 3.19. The molecule has 4 aromatic rings. The van der Waals surface area contributed by atoms with Crippen LogP contribution in [0.25, 0.3) is 16.7 Å². The van der Waals surface area contributed by atoms with Crippen LogP contribution in [0.3, 0.4) is 0 Å². The van der Waals surface area contributed by atoms with Crippen LogP contribution < -0.4 is 5.43 Å². The minimum atomic E-state index is -0.831. The first-order chi connectivity index (χ1) is 14.4.